The first-order chi connectivity index (χ1) is 14.1. The number of anilines is 1. The molecule has 0 amide bonds. The van der Waals surface area contributed by atoms with E-state index in [1.807, 2.05) is 0 Å². The molecule has 0 aliphatic carbocycles. The van der Waals surface area contributed by atoms with Crippen molar-refractivity contribution >= 4 is 46.6 Å². The number of piperazine rings is 1. The van der Waals surface area contributed by atoms with E-state index in [1.54, 1.807) is 0 Å². The maximum absolute atomic E-state index is 5.05. The van der Waals surface area contributed by atoms with Crippen molar-refractivity contribution in [1.82, 2.24) is 24.5 Å². The highest BCUT2D eigenvalue weighted by molar-refractivity contribution is 14.0. The number of halogens is 1. The summed E-state index contributed by atoms with van der Waals surface area (Å²) in [6, 6.07) is 0. The number of guanidine groups is 1. The molecule has 7 nitrogen and oxygen atoms in total. The molecule has 9 heteroatoms. The van der Waals surface area contributed by atoms with Crippen molar-refractivity contribution in [2.45, 2.75) is 47.0 Å². The van der Waals surface area contributed by atoms with E-state index in [0.717, 1.165) is 68.5 Å². The smallest absolute Gasteiger partial charge is 0.205 e. The summed E-state index contributed by atoms with van der Waals surface area (Å²) in [4.78, 5) is 17.1. The fourth-order valence-corrected chi connectivity index (χ4v) is 5.05. The van der Waals surface area contributed by atoms with Gasteiger partial charge in [-0.1, -0.05) is 20.8 Å². The predicted octanol–water partition coefficient (Wildman–Crippen LogP) is 3.17. The van der Waals surface area contributed by atoms with Crippen molar-refractivity contribution in [3.63, 3.8) is 0 Å². The summed E-state index contributed by atoms with van der Waals surface area (Å²) in [5.74, 6) is 3.47. The minimum absolute atomic E-state index is 0. The molecular formula is C21H40IN7S. The number of hydrogen-bond acceptors (Lipinski definition) is 6. The summed E-state index contributed by atoms with van der Waals surface area (Å²) in [5, 5.41) is 4.59. The molecule has 2 aliphatic heterocycles. The van der Waals surface area contributed by atoms with Gasteiger partial charge >= 0.3 is 0 Å². The summed E-state index contributed by atoms with van der Waals surface area (Å²) in [5.41, 5.74) is 0. The number of nitrogens with zero attached hydrogens (tertiary/aromatic N) is 6. The number of aromatic nitrogens is 2. The van der Waals surface area contributed by atoms with Gasteiger partial charge in [0.1, 0.15) is 5.82 Å². The lowest BCUT2D eigenvalue weighted by Crippen LogP contribution is -2.52. The third-order valence-electron chi connectivity index (χ3n) is 5.68. The van der Waals surface area contributed by atoms with Crippen LogP contribution >= 0.6 is 35.5 Å². The molecule has 1 aromatic rings. The SMILES string of the molecule is CCNC(=NCC1CCCN(CC(C)C)C1)N1CCN(c2nc(CC)ns2)CC1.I. The Morgan fingerprint density at radius 3 is 2.60 bits per heavy atom. The molecule has 1 N–H and O–H groups in total. The Morgan fingerprint density at radius 2 is 1.97 bits per heavy atom. The van der Waals surface area contributed by atoms with Crippen molar-refractivity contribution in [2.24, 2.45) is 16.8 Å². The molecule has 3 rings (SSSR count). The highest BCUT2D eigenvalue weighted by Crippen LogP contribution is 2.20. The minimum Gasteiger partial charge on any atom is -0.357 e. The molecule has 2 fully saturated rings. The van der Waals surface area contributed by atoms with E-state index in [2.05, 4.69) is 57.1 Å². The van der Waals surface area contributed by atoms with Gasteiger partial charge in [-0.25, -0.2) is 4.98 Å². The van der Waals surface area contributed by atoms with E-state index in [9.17, 15) is 0 Å². The fraction of sp³-hybridized carbons (Fsp3) is 0.857. The van der Waals surface area contributed by atoms with E-state index >= 15 is 0 Å². The molecule has 172 valence electrons. The van der Waals surface area contributed by atoms with Crippen molar-refractivity contribution in [3.8, 4) is 0 Å². The second kappa shape index (κ2) is 13.0. The van der Waals surface area contributed by atoms with Crippen LogP contribution in [-0.4, -0.2) is 84.0 Å². The quantitative estimate of drug-likeness (QED) is 0.321. The average Bonchev–Trinajstić information content (AvgIpc) is 3.20. The van der Waals surface area contributed by atoms with Crippen LogP contribution in [0.3, 0.4) is 0 Å². The summed E-state index contributed by atoms with van der Waals surface area (Å²) >= 11 is 1.53. The zero-order valence-electron chi connectivity index (χ0n) is 19.1. The van der Waals surface area contributed by atoms with Crippen LogP contribution in [0.15, 0.2) is 4.99 Å². The van der Waals surface area contributed by atoms with E-state index in [0.29, 0.717) is 5.92 Å². The Bertz CT molecular complexity index is 643. The molecule has 0 aromatic carbocycles. The predicted molar refractivity (Wildman–Crippen MR) is 138 cm³/mol. The molecule has 30 heavy (non-hydrogen) atoms. The summed E-state index contributed by atoms with van der Waals surface area (Å²) in [7, 11) is 0. The number of aliphatic imine (C=N–C) groups is 1. The van der Waals surface area contributed by atoms with E-state index in [-0.39, 0.29) is 24.0 Å². The molecule has 0 saturated carbocycles. The zero-order valence-corrected chi connectivity index (χ0v) is 22.3. The lowest BCUT2D eigenvalue weighted by Gasteiger charge is -2.37. The van der Waals surface area contributed by atoms with Crippen LogP contribution < -0.4 is 10.2 Å². The largest absolute Gasteiger partial charge is 0.357 e. The lowest BCUT2D eigenvalue weighted by atomic mass is 9.97. The molecule has 3 heterocycles. The lowest BCUT2D eigenvalue weighted by molar-refractivity contribution is 0.162. The van der Waals surface area contributed by atoms with Crippen LogP contribution in [0, 0.1) is 11.8 Å². The Labute approximate surface area is 203 Å². The van der Waals surface area contributed by atoms with Crippen molar-refractivity contribution in [1.29, 1.82) is 0 Å². The van der Waals surface area contributed by atoms with Gasteiger partial charge in [-0.15, -0.1) is 24.0 Å². The van der Waals surface area contributed by atoms with E-state index in [4.69, 9.17) is 4.99 Å². The summed E-state index contributed by atoms with van der Waals surface area (Å²) < 4.78 is 4.43. The van der Waals surface area contributed by atoms with E-state index in [1.165, 1.54) is 44.0 Å². The first kappa shape index (κ1) is 25.6. The molecule has 0 bridgehead atoms. The summed E-state index contributed by atoms with van der Waals surface area (Å²) in [6.45, 7) is 18.3. The molecule has 0 spiro atoms. The number of aryl methyl sites for hydroxylation is 1. The second-order valence-electron chi connectivity index (χ2n) is 8.68. The van der Waals surface area contributed by atoms with Gasteiger partial charge in [0.05, 0.1) is 0 Å². The van der Waals surface area contributed by atoms with Gasteiger partial charge in [0.15, 0.2) is 5.96 Å². The van der Waals surface area contributed by atoms with Crippen LogP contribution in [0.2, 0.25) is 0 Å². The van der Waals surface area contributed by atoms with Gasteiger partial charge in [-0.2, -0.15) is 4.37 Å². The number of rotatable bonds is 7. The van der Waals surface area contributed by atoms with Crippen LogP contribution in [0.5, 0.6) is 0 Å². The van der Waals surface area contributed by atoms with Gasteiger partial charge in [0, 0.05) is 70.3 Å². The summed E-state index contributed by atoms with van der Waals surface area (Å²) in [6.07, 6.45) is 3.52. The van der Waals surface area contributed by atoms with Gasteiger partial charge in [0.2, 0.25) is 5.13 Å². The van der Waals surface area contributed by atoms with Gasteiger partial charge in [0.25, 0.3) is 0 Å². The number of hydrogen-bond donors (Lipinski definition) is 1. The maximum Gasteiger partial charge on any atom is 0.205 e. The first-order valence-corrected chi connectivity index (χ1v) is 12.2. The number of piperidine rings is 1. The highest BCUT2D eigenvalue weighted by Gasteiger charge is 2.24. The van der Waals surface area contributed by atoms with Crippen molar-refractivity contribution < 1.29 is 0 Å². The normalized spacial score (nSPS) is 21.1. The van der Waals surface area contributed by atoms with Gasteiger partial charge < -0.3 is 20.0 Å². The molecule has 2 saturated heterocycles. The average molecular weight is 550 g/mol. The fourth-order valence-electron chi connectivity index (χ4n) is 4.25. The molecular weight excluding hydrogens is 509 g/mol. The number of nitrogens with one attached hydrogen (secondary N) is 1. The third-order valence-corrected chi connectivity index (χ3v) is 6.50. The Kier molecular flexibility index (Phi) is 11.1. The van der Waals surface area contributed by atoms with E-state index < -0.39 is 0 Å². The van der Waals surface area contributed by atoms with Crippen molar-refractivity contribution in [2.75, 3.05) is 63.8 Å². The topological polar surface area (TPSA) is 59.9 Å². The number of likely N-dealkylation sites (tertiary alicyclic amines) is 1. The maximum atomic E-state index is 5.05. The second-order valence-corrected chi connectivity index (χ2v) is 9.41. The molecule has 2 aliphatic rings. The van der Waals surface area contributed by atoms with Crippen LogP contribution in [-0.2, 0) is 6.42 Å². The molecule has 0 radical (unpaired) electrons. The minimum atomic E-state index is 0. The Balaban J connectivity index is 0.00000320. The molecule has 1 atom stereocenters. The Hall–Kier alpha value is -0.680. The first-order valence-electron chi connectivity index (χ1n) is 11.4. The zero-order chi connectivity index (χ0) is 20.6. The molecule has 1 unspecified atom stereocenters. The monoisotopic (exact) mass is 549 g/mol. The van der Waals surface area contributed by atoms with Gasteiger partial charge in [-0.3, -0.25) is 4.99 Å². The molecule has 1 aromatic heterocycles. The standard InChI is InChI=1S/C21H39N7S.HI/c1-5-19-24-21(29-25-19)28-12-10-27(11-13-28)20(22-6-2)23-14-18-8-7-9-26(16-18)15-17(3)4;/h17-18H,5-16H2,1-4H3,(H,22,23);1H. The van der Waals surface area contributed by atoms with Crippen LogP contribution in [0.1, 0.15) is 46.4 Å². The van der Waals surface area contributed by atoms with Crippen molar-refractivity contribution in [3.05, 3.63) is 5.82 Å². The third kappa shape index (κ3) is 7.47. The van der Waals surface area contributed by atoms with Gasteiger partial charge in [-0.05, 0) is 38.1 Å². The van der Waals surface area contributed by atoms with Crippen LogP contribution in [0.25, 0.3) is 0 Å². The van der Waals surface area contributed by atoms with Crippen LogP contribution in [0.4, 0.5) is 5.13 Å². The Morgan fingerprint density at radius 1 is 1.20 bits per heavy atom. The highest BCUT2D eigenvalue weighted by atomic mass is 127.